The number of halogens is 3. The smallest absolute Gasteiger partial charge is 0.162 e. The van der Waals surface area contributed by atoms with Gasteiger partial charge in [-0.25, -0.2) is 0 Å². The molecule has 1 N–H and O–H groups in total. The Bertz CT molecular complexity index is 967. The second-order valence-electron chi connectivity index (χ2n) is 6.63. The van der Waals surface area contributed by atoms with Crippen molar-refractivity contribution in [3.05, 3.63) is 91.9 Å². The Morgan fingerprint density at radius 3 is 2.41 bits per heavy atom. The summed E-state index contributed by atoms with van der Waals surface area (Å²) in [5.74, 6) is 1.31. The Morgan fingerprint density at radius 2 is 1.72 bits per heavy atom. The summed E-state index contributed by atoms with van der Waals surface area (Å²) in [4.78, 5) is 0. The topological polar surface area (TPSA) is 30.5 Å². The molecule has 0 saturated heterocycles. The highest BCUT2D eigenvalue weighted by atomic mass is 79.9. The van der Waals surface area contributed by atoms with Crippen molar-refractivity contribution in [2.45, 2.75) is 26.1 Å². The fraction of sp³-hybridized carbons (Fsp3) is 0.217. The van der Waals surface area contributed by atoms with Crippen LogP contribution < -0.4 is 14.8 Å². The van der Waals surface area contributed by atoms with Crippen LogP contribution in [0.2, 0.25) is 10.0 Å². The Balaban J connectivity index is 1.70. The van der Waals surface area contributed by atoms with E-state index >= 15 is 0 Å². The summed E-state index contributed by atoms with van der Waals surface area (Å²) in [5.41, 5.74) is 3.19. The van der Waals surface area contributed by atoms with Gasteiger partial charge in [-0.05, 0) is 42.3 Å². The molecule has 1 unspecified atom stereocenters. The molecule has 1 atom stereocenters. The van der Waals surface area contributed by atoms with Gasteiger partial charge in [0.15, 0.2) is 11.5 Å². The monoisotopic (exact) mass is 493 g/mol. The molecule has 0 bridgehead atoms. The Hall–Kier alpha value is -1.72. The van der Waals surface area contributed by atoms with Gasteiger partial charge >= 0.3 is 0 Å². The second kappa shape index (κ2) is 10.4. The molecule has 0 saturated carbocycles. The molecule has 0 aromatic heterocycles. The van der Waals surface area contributed by atoms with E-state index in [1.165, 1.54) is 5.56 Å². The molecule has 6 heteroatoms. The van der Waals surface area contributed by atoms with Gasteiger partial charge in [0.05, 0.1) is 7.11 Å². The first-order valence-electron chi connectivity index (χ1n) is 9.19. The molecule has 0 fully saturated rings. The number of rotatable bonds is 8. The highest BCUT2D eigenvalue weighted by Gasteiger charge is 2.13. The highest BCUT2D eigenvalue weighted by molar-refractivity contribution is 9.10. The maximum Gasteiger partial charge on any atom is 0.162 e. The summed E-state index contributed by atoms with van der Waals surface area (Å²) in [6.45, 7) is 3.16. The fourth-order valence-corrected chi connectivity index (χ4v) is 3.83. The van der Waals surface area contributed by atoms with Crippen molar-refractivity contribution < 1.29 is 9.47 Å². The lowest BCUT2D eigenvalue weighted by Crippen LogP contribution is -2.18. The van der Waals surface area contributed by atoms with Gasteiger partial charge in [-0.2, -0.15) is 0 Å². The first kappa shape index (κ1) is 22.0. The quantitative estimate of drug-likeness (QED) is 0.359. The van der Waals surface area contributed by atoms with E-state index in [-0.39, 0.29) is 6.04 Å². The van der Waals surface area contributed by atoms with E-state index in [0.29, 0.717) is 34.7 Å². The van der Waals surface area contributed by atoms with Gasteiger partial charge in [0.25, 0.3) is 0 Å². The number of benzene rings is 3. The molecule has 3 aromatic rings. The minimum Gasteiger partial charge on any atom is -0.493 e. The summed E-state index contributed by atoms with van der Waals surface area (Å²) >= 11 is 15.8. The molecule has 0 radical (unpaired) electrons. The predicted octanol–water partition coefficient (Wildman–Crippen LogP) is 7.19. The minimum atomic E-state index is 0.233. The lowest BCUT2D eigenvalue weighted by molar-refractivity contribution is 0.284. The molecule has 3 aromatic carbocycles. The maximum absolute atomic E-state index is 6.23. The number of hydrogen-bond donors (Lipinski definition) is 1. The molecule has 152 valence electrons. The fourth-order valence-electron chi connectivity index (χ4n) is 2.90. The third-order valence-corrected chi connectivity index (χ3v) is 5.95. The van der Waals surface area contributed by atoms with Gasteiger partial charge in [-0.15, -0.1) is 0 Å². The van der Waals surface area contributed by atoms with E-state index in [1.807, 2.05) is 36.4 Å². The zero-order valence-electron chi connectivity index (χ0n) is 16.2. The zero-order valence-corrected chi connectivity index (χ0v) is 19.3. The van der Waals surface area contributed by atoms with Crippen molar-refractivity contribution in [2.75, 3.05) is 7.11 Å². The lowest BCUT2D eigenvalue weighted by atomic mass is 10.1. The van der Waals surface area contributed by atoms with Crippen molar-refractivity contribution in [2.24, 2.45) is 0 Å². The number of nitrogens with one attached hydrogen (secondary N) is 1. The summed E-state index contributed by atoms with van der Waals surface area (Å²) in [7, 11) is 1.63. The predicted molar refractivity (Wildman–Crippen MR) is 123 cm³/mol. The molecule has 0 aliphatic rings. The van der Waals surface area contributed by atoms with Crippen LogP contribution in [0.3, 0.4) is 0 Å². The van der Waals surface area contributed by atoms with Gasteiger partial charge in [-0.1, -0.05) is 75.5 Å². The van der Waals surface area contributed by atoms with Crippen LogP contribution in [-0.2, 0) is 13.2 Å². The SMILES string of the molecule is COc1cc(CNC(C)c2ccccc2)c(Br)cc1OCc1ccc(Cl)cc1Cl. The molecule has 3 rings (SSSR count). The molecular formula is C23H22BrCl2NO2. The summed E-state index contributed by atoms with van der Waals surface area (Å²) in [6.07, 6.45) is 0. The zero-order chi connectivity index (χ0) is 20.8. The van der Waals surface area contributed by atoms with E-state index in [1.54, 1.807) is 19.2 Å². The van der Waals surface area contributed by atoms with Gasteiger partial charge in [0.1, 0.15) is 6.61 Å². The van der Waals surface area contributed by atoms with E-state index in [9.17, 15) is 0 Å². The first-order valence-corrected chi connectivity index (χ1v) is 10.7. The normalized spacial score (nSPS) is 11.9. The van der Waals surface area contributed by atoms with Gasteiger partial charge in [0, 0.05) is 32.7 Å². The number of methoxy groups -OCH3 is 1. The van der Waals surface area contributed by atoms with Crippen molar-refractivity contribution in [3.63, 3.8) is 0 Å². The summed E-state index contributed by atoms with van der Waals surface area (Å²) in [6, 6.07) is 19.8. The van der Waals surface area contributed by atoms with Crippen LogP contribution in [0.4, 0.5) is 0 Å². The van der Waals surface area contributed by atoms with Crippen LogP contribution in [0.15, 0.2) is 65.1 Å². The third kappa shape index (κ3) is 5.89. The molecule has 0 spiro atoms. The van der Waals surface area contributed by atoms with Crippen molar-refractivity contribution >= 4 is 39.1 Å². The van der Waals surface area contributed by atoms with E-state index in [2.05, 4.69) is 40.3 Å². The van der Waals surface area contributed by atoms with Gasteiger partial charge in [0.2, 0.25) is 0 Å². The third-order valence-electron chi connectivity index (χ3n) is 4.63. The van der Waals surface area contributed by atoms with Crippen LogP contribution in [0.5, 0.6) is 11.5 Å². The van der Waals surface area contributed by atoms with E-state index in [0.717, 1.165) is 15.6 Å². The molecule has 3 nitrogen and oxygen atoms in total. The number of hydrogen-bond acceptors (Lipinski definition) is 3. The Labute approximate surface area is 190 Å². The average Bonchev–Trinajstić information content (AvgIpc) is 2.72. The van der Waals surface area contributed by atoms with Crippen LogP contribution in [0, 0.1) is 0 Å². The Morgan fingerprint density at radius 1 is 0.966 bits per heavy atom. The van der Waals surface area contributed by atoms with Crippen LogP contribution in [0.25, 0.3) is 0 Å². The van der Waals surface area contributed by atoms with Crippen LogP contribution in [0.1, 0.15) is 29.7 Å². The maximum atomic E-state index is 6.23. The largest absolute Gasteiger partial charge is 0.493 e. The Kier molecular flexibility index (Phi) is 7.84. The summed E-state index contributed by atoms with van der Waals surface area (Å²) in [5, 5.41) is 4.71. The van der Waals surface area contributed by atoms with E-state index < -0.39 is 0 Å². The molecular weight excluding hydrogens is 473 g/mol. The minimum absolute atomic E-state index is 0.233. The molecule has 0 aliphatic heterocycles. The molecule has 29 heavy (non-hydrogen) atoms. The summed E-state index contributed by atoms with van der Waals surface area (Å²) < 4.78 is 12.5. The lowest BCUT2D eigenvalue weighted by Gasteiger charge is -2.17. The van der Waals surface area contributed by atoms with Crippen LogP contribution >= 0.6 is 39.1 Å². The first-order chi connectivity index (χ1) is 14.0. The molecule has 0 heterocycles. The second-order valence-corrected chi connectivity index (χ2v) is 8.33. The highest BCUT2D eigenvalue weighted by Crippen LogP contribution is 2.35. The van der Waals surface area contributed by atoms with Gasteiger partial charge < -0.3 is 14.8 Å². The standard InChI is InChI=1S/C23H22BrCl2NO2/c1-15(16-6-4-3-5-7-16)27-13-18-10-22(28-2)23(12-20(18)24)29-14-17-8-9-19(25)11-21(17)26/h3-12,15,27H,13-14H2,1-2H3. The average molecular weight is 495 g/mol. The molecule has 0 amide bonds. The van der Waals surface area contributed by atoms with E-state index in [4.69, 9.17) is 32.7 Å². The van der Waals surface area contributed by atoms with Crippen molar-refractivity contribution in [1.82, 2.24) is 5.32 Å². The van der Waals surface area contributed by atoms with Crippen molar-refractivity contribution in [1.29, 1.82) is 0 Å². The van der Waals surface area contributed by atoms with Crippen molar-refractivity contribution in [3.8, 4) is 11.5 Å². The van der Waals surface area contributed by atoms with Crippen LogP contribution in [-0.4, -0.2) is 7.11 Å². The molecule has 0 aliphatic carbocycles. The van der Waals surface area contributed by atoms with Gasteiger partial charge in [-0.3, -0.25) is 0 Å². The number of ether oxygens (including phenoxy) is 2.